The molecule has 1 aliphatic heterocycles. The van der Waals surface area contributed by atoms with Gasteiger partial charge < -0.3 is 5.11 Å². The summed E-state index contributed by atoms with van der Waals surface area (Å²) < 4.78 is 0. The molecule has 1 heterocycles. The van der Waals surface area contributed by atoms with Crippen molar-refractivity contribution in [2.45, 2.75) is 97.7 Å². The van der Waals surface area contributed by atoms with Crippen molar-refractivity contribution in [3.05, 3.63) is 0 Å². The predicted octanol–water partition coefficient (Wildman–Crippen LogP) is 5.21. The molecule has 1 saturated heterocycles. The van der Waals surface area contributed by atoms with Gasteiger partial charge in [-0.05, 0) is 43.4 Å². The Morgan fingerprint density at radius 2 is 2.04 bits per heavy atom. The van der Waals surface area contributed by atoms with E-state index in [2.05, 4.69) is 34.6 Å². The van der Waals surface area contributed by atoms with E-state index in [0.29, 0.717) is 5.92 Å². The molecule has 0 amide bonds. The minimum Gasteiger partial charge on any atom is -0.481 e. The van der Waals surface area contributed by atoms with Gasteiger partial charge in [0.15, 0.2) is 0 Å². The fourth-order valence-electron chi connectivity index (χ4n) is 4.07. The van der Waals surface area contributed by atoms with Gasteiger partial charge in [0.2, 0.25) is 0 Å². The predicted molar refractivity (Wildman–Crippen MR) is 92.1 cm³/mol. The third-order valence-electron chi connectivity index (χ3n) is 5.43. The minimum atomic E-state index is -0.826. The third-order valence-corrected chi connectivity index (χ3v) is 5.43. The van der Waals surface area contributed by atoms with E-state index >= 15 is 0 Å². The van der Waals surface area contributed by atoms with Crippen molar-refractivity contribution in [3.63, 3.8) is 0 Å². The Bertz CT molecular complexity index is 357. The van der Waals surface area contributed by atoms with Crippen LogP contribution in [0.1, 0.15) is 86.0 Å². The summed E-state index contributed by atoms with van der Waals surface area (Å²) in [6, 6.07) is 0. The Labute approximate surface area is 141 Å². The molecule has 1 rings (SSSR count). The molecule has 0 bridgehead atoms. The highest BCUT2D eigenvalue weighted by atomic mass is 17.2. The molecule has 0 spiro atoms. The molecular weight excluding hydrogens is 292 g/mol. The van der Waals surface area contributed by atoms with E-state index in [1.807, 2.05) is 0 Å². The van der Waals surface area contributed by atoms with E-state index in [0.717, 1.165) is 25.2 Å². The molecule has 0 aromatic heterocycles. The first kappa shape index (κ1) is 20.4. The van der Waals surface area contributed by atoms with E-state index in [-0.39, 0.29) is 24.0 Å². The largest absolute Gasteiger partial charge is 0.481 e. The fourth-order valence-corrected chi connectivity index (χ4v) is 4.07. The number of carbonyl (C=O) groups is 1. The Morgan fingerprint density at radius 1 is 1.35 bits per heavy atom. The summed E-state index contributed by atoms with van der Waals surface area (Å²) in [4.78, 5) is 22.2. The van der Waals surface area contributed by atoms with Gasteiger partial charge in [0.25, 0.3) is 0 Å². The summed E-state index contributed by atoms with van der Waals surface area (Å²) in [7, 11) is 0. The maximum Gasteiger partial charge on any atom is 0.306 e. The van der Waals surface area contributed by atoms with E-state index in [4.69, 9.17) is 14.9 Å². The van der Waals surface area contributed by atoms with Crippen LogP contribution < -0.4 is 0 Å². The Hall–Kier alpha value is -0.610. The highest BCUT2D eigenvalue weighted by Crippen LogP contribution is 2.40. The molecule has 136 valence electrons. The van der Waals surface area contributed by atoms with Gasteiger partial charge in [-0.3, -0.25) is 4.79 Å². The lowest BCUT2D eigenvalue weighted by molar-refractivity contribution is -0.423. The standard InChI is InChI=1S/C19H36O4/c1-6-9-16(7-2)10-14(4)12-19(8-3)13-15(5)17(22-23-19)11-18(20)21/h14-17H,6-13H2,1-5H3,(H,20,21)/t14-,15+,16-,17+,19-/m0/s1. The number of rotatable bonds is 10. The highest BCUT2D eigenvalue weighted by molar-refractivity contribution is 5.67. The van der Waals surface area contributed by atoms with Crippen LogP contribution in [-0.4, -0.2) is 22.8 Å². The number of hydrogen-bond donors (Lipinski definition) is 1. The second-order valence-electron chi connectivity index (χ2n) is 7.64. The Kier molecular flexibility index (Phi) is 8.56. The summed E-state index contributed by atoms with van der Waals surface area (Å²) >= 11 is 0. The van der Waals surface area contributed by atoms with Crippen molar-refractivity contribution < 1.29 is 19.7 Å². The van der Waals surface area contributed by atoms with E-state index in [1.54, 1.807) is 0 Å². The molecule has 1 fully saturated rings. The van der Waals surface area contributed by atoms with Crippen LogP contribution in [0.5, 0.6) is 0 Å². The third kappa shape index (κ3) is 6.42. The van der Waals surface area contributed by atoms with Gasteiger partial charge in [-0.15, -0.1) is 0 Å². The smallest absolute Gasteiger partial charge is 0.306 e. The Balaban J connectivity index is 2.60. The molecule has 0 aliphatic carbocycles. The van der Waals surface area contributed by atoms with E-state index in [9.17, 15) is 4.79 Å². The second-order valence-corrected chi connectivity index (χ2v) is 7.64. The molecule has 5 atom stereocenters. The van der Waals surface area contributed by atoms with Crippen LogP contribution >= 0.6 is 0 Å². The fraction of sp³-hybridized carbons (Fsp3) is 0.947. The molecular formula is C19H36O4. The number of aliphatic carboxylic acids is 1. The zero-order chi connectivity index (χ0) is 17.5. The van der Waals surface area contributed by atoms with Crippen molar-refractivity contribution in [2.24, 2.45) is 17.8 Å². The second kappa shape index (κ2) is 9.63. The maximum atomic E-state index is 10.9. The van der Waals surface area contributed by atoms with Crippen LogP contribution in [-0.2, 0) is 14.6 Å². The summed E-state index contributed by atoms with van der Waals surface area (Å²) in [6.45, 7) is 11.1. The molecule has 1 aliphatic rings. The molecule has 4 heteroatoms. The van der Waals surface area contributed by atoms with Crippen molar-refractivity contribution in [2.75, 3.05) is 0 Å². The van der Waals surface area contributed by atoms with E-state index < -0.39 is 5.97 Å². The van der Waals surface area contributed by atoms with E-state index in [1.165, 1.54) is 25.7 Å². The lowest BCUT2D eigenvalue weighted by Crippen LogP contribution is -2.45. The Morgan fingerprint density at radius 3 is 2.52 bits per heavy atom. The lowest BCUT2D eigenvalue weighted by Gasteiger charge is -2.43. The number of hydrogen-bond acceptors (Lipinski definition) is 3. The molecule has 0 aromatic rings. The van der Waals surface area contributed by atoms with Gasteiger partial charge in [-0.1, -0.05) is 53.9 Å². The van der Waals surface area contributed by atoms with Crippen LogP contribution in [0.2, 0.25) is 0 Å². The monoisotopic (exact) mass is 328 g/mol. The number of carboxylic acid groups (broad SMARTS) is 1. The molecule has 4 nitrogen and oxygen atoms in total. The quantitative estimate of drug-likeness (QED) is 0.559. The average Bonchev–Trinajstić information content (AvgIpc) is 2.49. The summed E-state index contributed by atoms with van der Waals surface area (Å²) in [6.07, 6.45) is 7.51. The molecule has 0 saturated carbocycles. The van der Waals surface area contributed by atoms with Gasteiger partial charge >= 0.3 is 5.97 Å². The van der Waals surface area contributed by atoms with Crippen molar-refractivity contribution >= 4 is 5.97 Å². The first-order valence-corrected chi connectivity index (χ1v) is 9.42. The minimum absolute atomic E-state index is 0.0188. The zero-order valence-corrected chi connectivity index (χ0v) is 15.6. The summed E-state index contributed by atoms with van der Waals surface area (Å²) in [5.74, 6) is 0.779. The maximum absolute atomic E-state index is 10.9. The van der Waals surface area contributed by atoms with Crippen LogP contribution in [0.15, 0.2) is 0 Å². The van der Waals surface area contributed by atoms with Crippen LogP contribution in [0.4, 0.5) is 0 Å². The SMILES string of the molecule is CCC[C@H](CC)C[C@H](C)C[C@@]1(CC)C[C@@H](C)[C@@H](CC(=O)O)OO1. The van der Waals surface area contributed by atoms with Gasteiger partial charge in [0, 0.05) is 0 Å². The molecule has 0 unspecified atom stereocenters. The van der Waals surface area contributed by atoms with Crippen LogP contribution in [0, 0.1) is 17.8 Å². The van der Waals surface area contributed by atoms with Gasteiger partial charge in [-0.2, -0.15) is 0 Å². The van der Waals surface area contributed by atoms with Crippen molar-refractivity contribution in [1.29, 1.82) is 0 Å². The lowest BCUT2D eigenvalue weighted by atomic mass is 9.77. The molecule has 23 heavy (non-hydrogen) atoms. The first-order chi connectivity index (χ1) is 10.9. The summed E-state index contributed by atoms with van der Waals surface area (Å²) in [5, 5.41) is 8.96. The molecule has 1 N–H and O–H groups in total. The van der Waals surface area contributed by atoms with Crippen LogP contribution in [0.25, 0.3) is 0 Å². The normalized spacial score (nSPS) is 30.8. The average molecular weight is 328 g/mol. The molecule has 0 radical (unpaired) electrons. The first-order valence-electron chi connectivity index (χ1n) is 9.42. The van der Waals surface area contributed by atoms with Gasteiger partial charge in [-0.25, -0.2) is 9.78 Å². The number of carboxylic acids is 1. The highest BCUT2D eigenvalue weighted by Gasteiger charge is 2.42. The van der Waals surface area contributed by atoms with Gasteiger partial charge in [0.05, 0.1) is 6.42 Å². The van der Waals surface area contributed by atoms with Crippen molar-refractivity contribution in [3.8, 4) is 0 Å². The molecule has 0 aromatic carbocycles. The topological polar surface area (TPSA) is 55.8 Å². The summed E-state index contributed by atoms with van der Waals surface area (Å²) in [5.41, 5.74) is -0.252. The van der Waals surface area contributed by atoms with Gasteiger partial charge in [0.1, 0.15) is 11.7 Å². The van der Waals surface area contributed by atoms with Crippen LogP contribution in [0.3, 0.4) is 0 Å². The van der Waals surface area contributed by atoms with Crippen molar-refractivity contribution in [1.82, 2.24) is 0 Å². The zero-order valence-electron chi connectivity index (χ0n) is 15.6.